The number of nitrogens with zero attached hydrogens (tertiary/aromatic N) is 4. The second-order valence-electron chi connectivity index (χ2n) is 6.12. The number of amides is 1. The van der Waals surface area contributed by atoms with Crippen LogP contribution in [0.1, 0.15) is 10.7 Å². The van der Waals surface area contributed by atoms with E-state index in [4.69, 9.17) is 4.42 Å². The number of carbonyl (C=O) groups is 1. The van der Waals surface area contributed by atoms with E-state index in [1.54, 1.807) is 12.3 Å². The highest BCUT2D eigenvalue weighted by molar-refractivity contribution is 7.99. The van der Waals surface area contributed by atoms with Gasteiger partial charge in [-0.2, -0.15) is 11.8 Å². The van der Waals surface area contributed by atoms with Crippen LogP contribution in [0.4, 0.5) is 32.0 Å². The molecule has 29 heavy (non-hydrogen) atoms. The summed E-state index contributed by atoms with van der Waals surface area (Å²) in [6.45, 7) is 1.88. The number of thioether (sulfide) groups is 1. The summed E-state index contributed by atoms with van der Waals surface area (Å²) >= 11 is 1.91. The highest BCUT2D eigenvalue weighted by Crippen LogP contribution is 2.21. The summed E-state index contributed by atoms with van der Waals surface area (Å²) in [5.74, 6) is 0.505. The van der Waals surface area contributed by atoms with Crippen molar-refractivity contribution in [2.24, 2.45) is 0 Å². The van der Waals surface area contributed by atoms with Crippen molar-refractivity contribution in [3.8, 4) is 0 Å². The molecule has 3 aromatic rings. The molecule has 0 radical (unpaired) electrons. The molecule has 0 saturated carbocycles. The fraction of sp³-hybridized carbons (Fsp3) is 0.222. The molecule has 1 aliphatic rings. The molecule has 1 aliphatic heterocycles. The van der Waals surface area contributed by atoms with Gasteiger partial charge >= 0.3 is 17.8 Å². The van der Waals surface area contributed by atoms with E-state index in [1.807, 2.05) is 17.8 Å². The molecule has 0 spiro atoms. The van der Waals surface area contributed by atoms with E-state index in [0.29, 0.717) is 11.8 Å². The predicted octanol–water partition coefficient (Wildman–Crippen LogP) is 3.29. The van der Waals surface area contributed by atoms with Crippen LogP contribution in [0.2, 0.25) is 0 Å². The Balaban J connectivity index is 1.38. The number of benzene rings is 1. The van der Waals surface area contributed by atoms with E-state index in [9.17, 15) is 13.6 Å². The number of hydrogen-bond acceptors (Lipinski definition) is 8. The molecule has 4 rings (SSSR count). The molecule has 0 bridgehead atoms. The number of nitrogens with one attached hydrogen (secondary N) is 2. The molecule has 150 valence electrons. The summed E-state index contributed by atoms with van der Waals surface area (Å²) in [6.07, 6.45) is 1.55. The largest absolute Gasteiger partial charge is 0.399 e. The van der Waals surface area contributed by atoms with E-state index in [0.717, 1.165) is 36.5 Å². The Kier molecular flexibility index (Phi) is 5.56. The lowest BCUT2D eigenvalue weighted by molar-refractivity contribution is 0.0991. The van der Waals surface area contributed by atoms with E-state index in [2.05, 4.69) is 30.7 Å². The van der Waals surface area contributed by atoms with Crippen molar-refractivity contribution >= 4 is 40.9 Å². The summed E-state index contributed by atoms with van der Waals surface area (Å²) in [6, 6.07) is 6.36. The van der Waals surface area contributed by atoms with Crippen molar-refractivity contribution < 1.29 is 18.0 Å². The van der Waals surface area contributed by atoms with Crippen LogP contribution >= 0.6 is 11.8 Å². The van der Waals surface area contributed by atoms with Crippen molar-refractivity contribution in [3.63, 3.8) is 0 Å². The van der Waals surface area contributed by atoms with Crippen molar-refractivity contribution in [2.45, 2.75) is 0 Å². The van der Waals surface area contributed by atoms with Gasteiger partial charge in [0.15, 0.2) is 0 Å². The lowest BCUT2D eigenvalue weighted by atomic mass is 10.3. The fourth-order valence-electron chi connectivity index (χ4n) is 2.70. The molecule has 0 unspecified atom stereocenters. The summed E-state index contributed by atoms with van der Waals surface area (Å²) < 4.78 is 31.8. The minimum atomic E-state index is -0.826. The molecule has 8 nitrogen and oxygen atoms in total. The molecule has 1 amide bonds. The maximum absolute atomic E-state index is 13.7. The SMILES string of the molecule is O=C(Nc1ccc(N2CCSCC2)nc1)c1nnc(Nc2ccc(F)cc2F)o1. The van der Waals surface area contributed by atoms with Gasteiger partial charge in [0, 0.05) is 30.7 Å². The van der Waals surface area contributed by atoms with Gasteiger partial charge in [0.2, 0.25) is 0 Å². The first-order valence-electron chi connectivity index (χ1n) is 8.74. The minimum Gasteiger partial charge on any atom is -0.399 e. The number of anilines is 4. The minimum absolute atomic E-state index is 0.0575. The van der Waals surface area contributed by atoms with E-state index in [1.165, 1.54) is 6.07 Å². The van der Waals surface area contributed by atoms with Gasteiger partial charge in [0.25, 0.3) is 0 Å². The first-order valence-corrected chi connectivity index (χ1v) is 9.89. The Morgan fingerprint density at radius 1 is 1.14 bits per heavy atom. The normalized spacial score (nSPS) is 13.9. The van der Waals surface area contributed by atoms with Crippen LogP contribution in [0.3, 0.4) is 0 Å². The highest BCUT2D eigenvalue weighted by Gasteiger charge is 2.17. The van der Waals surface area contributed by atoms with Crippen LogP contribution in [0, 0.1) is 11.6 Å². The molecule has 2 N–H and O–H groups in total. The van der Waals surface area contributed by atoms with Crippen LogP contribution in [-0.2, 0) is 0 Å². The van der Waals surface area contributed by atoms with E-state index < -0.39 is 17.5 Å². The number of hydrogen-bond donors (Lipinski definition) is 2. The average molecular weight is 418 g/mol. The summed E-state index contributed by atoms with van der Waals surface area (Å²) in [5.41, 5.74) is 0.417. The second-order valence-corrected chi connectivity index (χ2v) is 7.34. The Morgan fingerprint density at radius 2 is 1.97 bits per heavy atom. The molecule has 0 aliphatic carbocycles. The zero-order valence-corrected chi connectivity index (χ0v) is 15.9. The summed E-state index contributed by atoms with van der Waals surface area (Å²) in [7, 11) is 0. The molecular formula is C18H16F2N6O2S. The van der Waals surface area contributed by atoms with Gasteiger partial charge in [0.05, 0.1) is 17.6 Å². The van der Waals surface area contributed by atoms with Gasteiger partial charge in [-0.15, -0.1) is 5.10 Å². The third-order valence-corrected chi connectivity index (χ3v) is 5.08. The monoisotopic (exact) mass is 418 g/mol. The van der Waals surface area contributed by atoms with E-state index >= 15 is 0 Å². The molecule has 2 aromatic heterocycles. The van der Waals surface area contributed by atoms with Crippen molar-refractivity contribution in [3.05, 3.63) is 54.1 Å². The number of aromatic nitrogens is 3. The Labute approximate surface area is 168 Å². The number of halogens is 2. The maximum Gasteiger partial charge on any atom is 0.320 e. The van der Waals surface area contributed by atoms with Crippen LogP contribution in [-0.4, -0.2) is 45.7 Å². The Morgan fingerprint density at radius 3 is 2.69 bits per heavy atom. The van der Waals surface area contributed by atoms with Crippen LogP contribution in [0.5, 0.6) is 0 Å². The molecule has 0 atom stereocenters. The zero-order chi connectivity index (χ0) is 20.2. The Bertz CT molecular complexity index is 1010. The van der Waals surface area contributed by atoms with Crippen LogP contribution < -0.4 is 15.5 Å². The fourth-order valence-corrected chi connectivity index (χ4v) is 3.60. The lowest BCUT2D eigenvalue weighted by Crippen LogP contribution is -2.33. The van der Waals surface area contributed by atoms with E-state index in [-0.39, 0.29) is 17.6 Å². The van der Waals surface area contributed by atoms with Gasteiger partial charge in [-0.05, 0) is 24.3 Å². The maximum atomic E-state index is 13.7. The van der Waals surface area contributed by atoms with Gasteiger partial charge in [0.1, 0.15) is 17.5 Å². The molecule has 3 heterocycles. The van der Waals surface area contributed by atoms with Crippen molar-refractivity contribution in [2.75, 3.05) is 40.1 Å². The lowest BCUT2D eigenvalue weighted by Gasteiger charge is -2.27. The molecule has 1 saturated heterocycles. The van der Waals surface area contributed by atoms with Crippen LogP contribution in [0.15, 0.2) is 40.9 Å². The van der Waals surface area contributed by atoms with Gasteiger partial charge in [-0.3, -0.25) is 4.79 Å². The molecule has 1 aromatic carbocycles. The third-order valence-electron chi connectivity index (χ3n) is 4.13. The summed E-state index contributed by atoms with van der Waals surface area (Å²) in [4.78, 5) is 18.8. The first kappa shape index (κ1) is 19.1. The number of rotatable bonds is 5. The third kappa shape index (κ3) is 4.62. The predicted molar refractivity (Wildman–Crippen MR) is 106 cm³/mol. The smallest absolute Gasteiger partial charge is 0.320 e. The molecule has 11 heteroatoms. The number of carbonyl (C=O) groups excluding carboxylic acids is 1. The standard InChI is InChI=1S/C18H16F2N6O2S/c19-11-1-3-14(13(20)9-11)23-18-25-24-17(28-18)16(27)22-12-2-4-15(21-10-12)26-5-7-29-8-6-26/h1-4,9-10H,5-8H2,(H,22,27)(H,23,25). The summed E-state index contributed by atoms with van der Waals surface area (Å²) in [5, 5.41) is 12.4. The van der Waals surface area contributed by atoms with Gasteiger partial charge < -0.3 is 20.0 Å². The van der Waals surface area contributed by atoms with Crippen molar-refractivity contribution in [1.82, 2.24) is 15.2 Å². The quantitative estimate of drug-likeness (QED) is 0.652. The van der Waals surface area contributed by atoms with Crippen LogP contribution in [0.25, 0.3) is 0 Å². The highest BCUT2D eigenvalue weighted by atomic mass is 32.2. The zero-order valence-electron chi connectivity index (χ0n) is 15.1. The van der Waals surface area contributed by atoms with Crippen molar-refractivity contribution in [1.29, 1.82) is 0 Å². The second kappa shape index (κ2) is 8.43. The first-order chi connectivity index (χ1) is 14.1. The topological polar surface area (TPSA) is 96.2 Å². The molecular weight excluding hydrogens is 402 g/mol. The number of pyridine rings is 1. The Hall–Kier alpha value is -3.21. The van der Waals surface area contributed by atoms with Gasteiger partial charge in [-0.25, -0.2) is 13.8 Å². The van der Waals surface area contributed by atoms with Gasteiger partial charge in [-0.1, -0.05) is 5.10 Å². The molecule has 1 fully saturated rings. The average Bonchev–Trinajstić information content (AvgIpc) is 3.20.